The van der Waals surface area contributed by atoms with Crippen LogP contribution in [0.15, 0.2) is 24.3 Å². The summed E-state index contributed by atoms with van der Waals surface area (Å²) in [5.41, 5.74) is 6.61. The zero-order valence-corrected chi connectivity index (χ0v) is 10.3. The minimum absolute atomic E-state index is 0.0358. The summed E-state index contributed by atoms with van der Waals surface area (Å²) in [5, 5.41) is 0. The molecular weight excluding hydrogens is 289 g/mol. The van der Waals surface area contributed by atoms with Crippen molar-refractivity contribution in [2.75, 3.05) is 0 Å². The summed E-state index contributed by atoms with van der Waals surface area (Å²) in [4.78, 5) is 11.4. The average Bonchev–Trinajstić information content (AvgIpc) is 2.07. The van der Waals surface area contributed by atoms with Crippen LogP contribution in [0.25, 0.3) is 0 Å². The molecule has 0 bridgehead atoms. The number of hydrogen-bond donors (Lipinski definition) is 1. The Morgan fingerprint density at radius 3 is 2.50 bits per heavy atom. The van der Waals surface area contributed by atoms with Gasteiger partial charge in [0, 0.05) is 22.5 Å². The van der Waals surface area contributed by atoms with Crippen LogP contribution < -0.4 is 5.73 Å². The van der Waals surface area contributed by atoms with Crippen molar-refractivity contribution in [2.45, 2.75) is 25.8 Å². The molecule has 1 unspecified atom stereocenters. The van der Waals surface area contributed by atoms with Crippen molar-refractivity contribution in [3.05, 3.63) is 33.4 Å². The first-order chi connectivity index (χ1) is 6.58. The summed E-state index contributed by atoms with van der Waals surface area (Å²) in [6.07, 6.45) is 0.963. The fourth-order valence-electron chi connectivity index (χ4n) is 1.26. The monoisotopic (exact) mass is 303 g/mol. The maximum Gasteiger partial charge on any atom is 0.138 e. The first-order valence-corrected chi connectivity index (χ1v) is 5.67. The smallest absolute Gasteiger partial charge is 0.138 e. The molecule has 0 amide bonds. The molecule has 0 aromatic heterocycles. The van der Waals surface area contributed by atoms with E-state index in [2.05, 4.69) is 22.6 Å². The van der Waals surface area contributed by atoms with E-state index in [0.29, 0.717) is 12.8 Å². The zero-order valence-electron chi connectivity index (χ0n) is 8.16. The van der Waals surface area contributed by atoms with Gasteiger partial charge in [0.2, 0.25) is 0 Å². The molecule has 0 fully saturated rings. The molecule has 14 heavy (non-hydrogen) atoms. The lowest BCUT2D eigenvalue weighted by molar-refractivity contribution is -0.118. The maximum atomic E-state index is 11.4. The number of benzene rings is 1. The molecule has 0 radical (unpaired) electrons. The second kappa shape index (κ2) is 5.46. The molecule has 1 aromatic rings. The van der Waals surface area contributed by atoms with Crippen molar-refractivity contribution in [1.29, 1.82) is 0 Å². The number of carbonyl (C=O) groups is 1. The Morgan fingerprint density at radius 2 is 2.00 bits per heavy atom. The number of halogens is 1. The number of Topliss-reactive ketones (excluding diaryl/α,β-unsaturated/α-hetero) is 1. The zero-order chi connectivity index (χ0) is 10.6. The van der Waals surface area contributed by atoms with Crippen molar-refractivity contribution in [3.63, 3.8) is 0 Å². The molecule has 0 spiro atoms. The van der Waals surface area contributed by atoms with Gasteiger partial charge in [0.25, 0.3) is 0 Å². The van der Waals surface area contributed by atoms with Gasteiger partial charge >= 0.3 is 0 Å². The third-order valence-corrected chi connectivity index (χ3v) is 2.58. The van der Waals surface area contributed by atoms with E-state index >= 15 is 0 Å². The van der Waals surface area contributed by atoms with Gasteiger partial charge in [-0.3, -0.25) is 4.79 Å². The minimum atomic E-state index is -0.0358. The Balaban J connectivity index is 2.52. The van der Waals surface area contributed by atoms with Gasteiger partial charge in [0.15, 0.2) is 0 Å². The number of ketones is 1. The van der Waals surface area contributed by atoms with E-state index in [0.717, 1.165) is 5.56 Å². The molecule has 1 rings (SSSR count). The molecule has 2 nitrogen and oxygen atoms in total. The molecule has 0 saturated heterocycles. The molecular formula is C11H14INO. The highest BCUT2D eigenvalue weighted by Crippen LogP contribution is 2.08. The Hall–Kier alpha value is -0.420. The van der Waals surface area contributed by atoms with E-state index in [-0.39, 0.29) is 11.8 Å². The predicted octanol–water partition coefficient (Wildman–Crippen LogP) is 2.14. The molecule has 0 heterocycles. The van der Waals surface area contributed by atoms with Crippen LogP contribution in [0.4, 0.5) is 0 Å². The van der Waals surface area contributed by atoms with Gasteiger partial charge in [-0.25, -0.2) is 0 Å². The summed E-state index contributed by atoms with van der Waals surface area (Å²) in [6, 6.07) is 7.96. The van der Waals surface area contributed by atoms with Crippen LogP contribution in [0.1, 0.15) is 18.9 Å². The highest BCUT2D eigenvalue weighted by Gasteiger charge is 2.06. The quantitative estimate of drug-likeness (QED) is 0.866. The SMILES string of the molecule is CC(N)CC(=O)Cc1ccc(I)cc1. The van der Waals surface area contributed by atoms with Crippen molar-refractivity contribution >= 4 is 28.4 Å². The molecule has 3 heteroatoms. The van der Waals surface area contributed by atoms with E-state index in [1.165, 1.54) is 3.57 Å². The summed E-state index contributed by atoms with van der Waals surface area (Å²) in [7, 11) is 0. The lowest BCUT2D eigenvalue weighted by Crippen LogP contribution is -2.20. The normalized spacial score (nSPS) is 12.5. The second-order valence-electron chi connectivity index (χ2n) is 3.52. The number of hydrogen-bond acceptors (Lipinski definition) is 2. The highest BCUT2D eigenvalue weighted by molar-refractivity contribution is 14.1. The predicted molar refractivity (Wildman–Crippen MR) is 66.1 cm³/mol. The number of nitrogens with two attached hydrogens (primary N) is 1. The Bertz CT molecular complexity index is 306. The van der Waals surface area contributed by atoms with Gasteiger partial charge < -0.3 is 5.73 Å². The first kappa shape index (κ1) is 11.7. The molecule has 1 atom stereocenters. The van der Waals surface area contributed by atoms with E-state index < -0.39 is 0 Å². The van der Waals surface area contributed by atoms with Gasteiger partial charge in [0.1, 0.15) is 5.78 Å². The number of rotatable bonds is 4. The third kappa shape index (κ3) is 4.19. The van der Waals surface area contributed by atoms with Crippen molar-refractivity contribution in [2.24, 2.45) is 5.73 Å². The van der Waals surface area contributed by atoms with Crippen LogP contribution in [0.3, 0.4) is 0 Å². The highest BCUT2D eigenvalue weighted by atomic mass is 127. The van der Waals surface area contributed by atoms with Crippen molar-refractivity contribution in [1.82, 2.24) is 0 Å². The summed E-state index contributed by atoms with van der Waals surface area (Å²) in [6.45, 7) is 1.85. The van der Waals surface area contributed by atoms with E-state index in [4.69, 9.17) is 5.73 Å². The van der Waals surface area contributed by atoms with Gasteiger partial charge in [-0.2, -0.15) is 0 Å². The largest absolute Gasteiger partial charge is 0.328 e. The Morgan fingerprint density at radius 1 is 1.43 bits per heavy atom. The van der Waals surface area contributed by atoms with Gasteiger partial charge in [-0.15, -0.1) is 0 Å². The third-order valence-electron chi connectivity index (χ3n) is 1.86. The molecule has 76 valence electrons. The average molecular weight is 303 g/mol. The fraction of sp³-hybridized carbons (Fsp3) is 0.364. The summed E-state index contributed by atoms with van der Waals surface area (Å²) in [5.74, 6) is 0.209. The van der Waals surface area contributed by atoms with Crippen molar-refractivity contribution < 1.29 is 4.79 Å². The second-order valence-corrected chi connectivity index (χ2v) is 4.77. The fourth-order valence-corrected chi connectivity index (χ4v) is 1.62. The molecule has 0 aliphatic carbocycles. The van der Waals surface area contributed by atoms with Crippen LogP contribution in [-0.4, -0.2) is 11.8 Å². The van der Waals surface area contributed by atoms with E-state index in [1.807, 2.05) is 31.2 Å². The summed E-state index contributed by atoms with van der Waals surface area (Å²) >= 11 is 2.25. The molecule has 2 N–H and O–H groups in total. The van der Waals surface area contributed by atoms with Gasteiger partial charge in [-0.1, -0.05) is 12.1 Å². The van der Waals surface area contributed by atoms with Gasteiger partial charge in [0.05, 0.1) is 0 Å². The summed E-state index contributed by atoms with van der Waals surface area (Å²) < 4.78 is 1.19. The number of carbonyl (C=O) groups excluding carboxylic acids is 1. The molecule has 0 aliphatic rings. The molecule has 0 aliphatic heterocycles. The van der Waals surface area contributed by atoms with Gasteiger partial charge in [-0.05, 0) is 47.2 Å². The molecule has 1 aromatic carbocycles. The van der Waals surface area contributed by atoms with E-state index in [1.54, 1.807) is 0 Å². The topological polar surface area (TPSA) is 43.1 Å². The maximum absolute atomic E-state index is 11.4. The Labute approximate surface area is 98.0 Å². The van der Waals surface area contributed by atoms with Crippen LogP contribution in [-0.2, 0) is 11.2 Å². The van der Waals surface area contributed by atoms with Crippen LogP contribution >= 0.6 is 22.6 Å². The minimum Gasteiger partial charge on any atom is -0.328 e. The lowest BCUT2D eigenvalue weighted by Gasteiger charge is -2.04. The Kier molecular flexibility index (Phi) is 4.54. The van der Waals surface area contributed by atoms with Crippen LogP contribution in [0.2, 0.25) is 0 Å². The van der Waals surface area contributed by atoms with E-state index in [9.17, 15) is 4.79 Å². The lowest BCUT2D eigenvalue weighted by atomic mass is 10.0. The van der Waals surface area contributed by atoms with Crippen LogP contribution in [0.5, 0.6) is 0 Å². The first-order valence-electron chi connectivity index (χ1n) is 4.59. The van der Waals surface area contributed by atoms with Crippen LogP contribution in [0, 0.1) is 3.57 Å². The standard InChI is InChI=1S/C11H14INO/c1-8(13)6-11(14)7-9-2-4-10(12)5-3-9/h2-5,8H,6-7,13H2,1H3. The molecule has 0 saturated carbocycles. The van der Waals surface area contributed by atoms with Crippen molar-refractivity contribution in [3.8, 4) is 0 Å².